The Hall–Kier alpha value is -3.92. The fourth-order valence-electron chi connectivity index (χ4n) is 7.71. The molecule has 6 rings (SSSR count). The number of aryl methyl sites for hydroxylation is 1. The minimum absolute atomic E-state index is 0.0929. The number of hydrogen-bond acceptors (Lipinski definition) is 8. The second-order valence-corrected chi connectivity index (χ2v) is 14.6. The van der Waals surface area contributed by atoms with Crippen molar-refractivity contribution in [1.29, 1.82) is 0 Å². The van der Waals surface area contributed by atoms with Crippen LogP contribution in [0.15, 0.2) is 47.2 Å². The normalized spacial score (nSPS) is 23.3. The molecule has 2 amide bonds. The van der Waals surface area contributed by atoms with Gasteiger partial charge in [0.15, 0.2) is 5.89 Å². The highest BCUT2D eigenvalue weighted by molar-refractivity contribution is 5.94. The number of anilines is 1. The molecular formula is C39H52N4O6. The molecule has 10 heteroatoms. The van der Waals surface area contributed by atoms with Gasteiger partial charge in [-0.05, 0) is 112 Å². The molecule has 1 aliphatic heterocycles. The summed E-state index contributed by atoms with van der Waals surface area (Å²) in [6, 6.07) is 10.4. The topological polar surface area (TPSA) is 118 Å². The lowest BCUT2D eigenvalue weighted by Gasteiger charge is -2.36. The van der Waals surface area contributed by atoms with Gasteiger partial charge >= 0.3 is 6.09 Å². The zero-order chi connectivity index (χ0) is 34.5. The molecule has 0 atom stereocenters. The van der Waals surface area contributed by atoms with E-state index in [-0.39, 0.29) is 36.0 Å². The van der Waals surface area contributed by atoms with Gasteiger partial charge in [-0.2, -0.15) is 0 Å². The number of oxazole rings is 1. The summed E-state index contributed by atoms with van der Waals surface area (Å²) in [6.45, 7) is 7.85. The zero-order valence-corrected chi connectivity index (χ0v) is 29.5. The van der Waals surface area contributed by atoms with Gasteiger partial charge in [-0.15, -0.1) is 0 Å². The van der Waals surface area contributed by atoms with Gasteiger partial charge in [0, 0.05) is 43.2 Å². The highest BCUT2D eigenvalue weighted by atomic mass is 16.6. The number of likely N-dealkylation sites (tertiary alicyclic amines) is 1. The minimum atomic E-state index is -0.343. The first-order valence-electron chi connectivity index (χ1n) is 18.2. The van der Waals surface area contributed by atoms with Gasteiger partial charge in [0.1, 0.15) is 29.6 Å². The molecule has 1 aromatic carbocycles. The van der Waals surface area contributed by atoms with Crippen LogP contribution in [0.2, 0.25) is 0 Å². The van der Waals surface area contributed by atoms with Gasteiger partial charge in [0.05, 0.1) is 13.2 Å². The quantitative estimate of drug-likeness (QED) is 0.247. The molecule has 0 bridgehead atoms. The van der Waals surface area contributed by atoms with Crippen LogP contribution in [0.1, 0.15) is 107 Å². The Bertz CT molecular complexity index is 1560. The van der Waals surface area contributed by atoms with E-state index in [2.05, 4.69) is 25.1 Å². The maximum atomic E-state index is 14.4. The molecule has 3 fully saturated rings. The number of piperidine rings is 1. The molecule has 3 aromatic rings. The van der Waals surface area contributed by atoms with Crippen molar-refractivity contribution in [3.63, 3.8) is 0 Å². The Labute approximate surface area is 290 Å². The van der Waals surface area contributed by atoms with Crippen LogP contribution in [0.4, 0.5) is 10.6 Å². The number of hydrogen-bond donors (Lipinski definition) is 1. The number of aliphatic hydroxyl groups excluding tert-OH is 1. The number of benzene rings is 1. The smallest absolute Gasteiger partial charge is 0.410 e. The van der Waals surface area contributed by atoms with Crippen molar-refractivity contribution < 1.29 is 28.6 Å². The van der Waals surface area contributed by atoms with Crippen LogP contribution in [0.25, 0.3) is 11.3 Å². The maximum absolute atomic E-state index is 14.4. The number of amides is 2. The Morgan fingerprint density at radius 3 is 2.39 bits per heavy atom. The molecule has 264 valence electrons. The highest BCUT2D eigenvalue weighted by Crippen LogP contribution is 2.39. The van der Waals surface area contributed by atoms with Crippen LogP contribution in [0.5, 0.6) is 5.75 Å². The van der Waals surface area contributed by atoms with E-state index in [4.69, 9.17) is 23.9 Å². The van der Waals surface area contributed by atoms with Gasteiger partial charge in [-0.3, -0.25) is 9.69 Å². The SMILES string of the molecule is COc1ccc(C2CCC(CN(C(=O)C3CCC(OC(=O)N4CCC(O)CC4)CC3)c3cc(-c4coc(C(C)C)n4)ccn3)CC2)cc1C. The second kappa shape index (κ2) is 15.7. The highest BCUT2D eigenvalue weighted by Gasteiger charge is 2.35. The molecule has 2 saturated carbocycles. The Morgan fingerprint density at radius 2 is 1.73 bits per heavy atom. The monoisotopic (exact) mass is 672 g/mol. The largest absolute Gasteiger partial charge is 0.496 e. The summed E-state index contributed by atoms with van der Waals surface area (Å²) in [5, 5.41) is 9.79. The molecule has 3 aliphatic rings. The zero-order valence-electron chi connectivity index (χ0n) is 29.5. The summed E-state index contributed by atoms with van der Waals surface area (Å²) in [7, 11) is 1.71. The lowest BCUT2D eigenvalue weighted by atomic mass is 9.78. The number of ether oxygens (including phenoxy) is 2. The van der Waals surface area contributed by atoms with Crippen LogP contribution in [0.3, 0.4) is 0 Å². The van der Waals surface area contributed by atoms with E-state index in [9.17, 15) is 14.7 Å². The van der Waals surface area contributed by atoms with E-state index in [1.807, 2.05) is 30.9 Å². The van der Waals surface area contributed by atoms with Crippen molar-refractivity contribution in [1.82, 2.24) is 14.9 Å². The molecule has 1 saturated heterocycles. The average molecular weight is 673 g/mol. The summed E-state index contributed by atoms with van der Waals surface area (Å²) in [4.78, 5) is 40.2. The first kappa shape index (κ1) is 34.9. The van der Waals surface area contributed by atoms with Gasteiger partial charge in [-0.1, -0.05) is 26.0 Å². The molecule has 0 spiro atoms. The Morgan fingerprint density at radius 1 is 1.00 bits per heavy atom. The molecule has 10 nitrogen and oxygen atoms in total. The summed E-state index contributed by atoms with van der Waals surface area (Å²) in [5.41, 5.74) is 4.13. The average Bonchev–Trinajstić information content (AvgIpc) is 3.63. The van der Waals surface area contributed by atoms with Gasteiger partial charge in [0.2, 0.25) is 5.91 Å². The van der Waals surface area contributed by atoms with Crippen LogP contribution in [-0.2, 0) is 9.53 Å². The maximum Gasteiger partial charge on any atom is 0.410 e. The third-order valence-corrected chi connectivity index (χ3v) is 10.8. The van der Waals surface area contributed by atoms with Crippen molar-refractivity contribution in [3.05, 3.63) is 59.8 Å². The van der Waals surface area contributed by atoms with Gasteiger partial charge < -0.3 is 23.9 Å². The van der Waals surface area contributed by atoms with Crippen molar-refractivity contribution in [3.8, 4) is 17.0 Å². The molecule has 0 radical (unpaired) electrons. The molecule has 1 N–H and O–H groups in total. The molecular weight excluding hydrogens is 620 g/mol. The number of carbonyl (C=O) groups is 2. The minimum Gasteiger partial charge on any atom is -0.496 e. The van der Waals surface area contributed by atoms with Crippen molar-refractivity contribution in [2.75, 3.05) is 31.6 Å². The second-order valence-electron chi connectivity index (χ2n) is 14.6. The summed E-state index contributed by atoms with van der Waals surface area (Å²) >= 11 is 0. The van der Waals surface area contributed by atoms with Crippen LogP contribution in [-0.4, -0.2) is 70.9 Å². The van der Waals surface area contributed by atoms with Crippen LogP contribution in [0, 0.1) is 18.8 Å². The first-order chi connectivity index (χ1) is 23.7. The van der Waals surface area contributed by atoms with Gasteiger partial charge in [0.25, 0.3) is 0 Å². The number of aliphatic hydroxyl groups is 1. The van der Waals surface area contributed by atoms with E-state index in [1.54, 1.807) is 24.5 Å². The predicted octanol–water partition coefficient (Wildman–Crippen LogP) is 7.64. The van der Waals surface area contributed by atoms with E-state index in [0.717, 1.165) is 48.3 Å². The predicted molar refractivity (Wildman–Crippen MR) is 188 cm³/mol. The van der Waals surface area contributed by atoms with Crippen LogP contribution < -0.4 is 9.64 Å². The number of nitrogens with zero attached hydrogens (tertiary/aromatic N) is 4. The summed E-state index contributed by atoms with van der Waals surface area (Å²) in [5.74, 6) is 3.21. The van der Waals surface area contributed by atoms with E-state index in [1.165, 1.54) is 5.56 Å². The molecule has 49 heavy (non-hydrogen) atoms. The number of pyridine rings is 1. The standard InChI is InChI=1S/C39H52N4O6/c1-25(2)37-41-34(24-48-37)31-15-18-40-36(22-31)43(23-27-5-7-28(8-6-27)30-11-14-35(47-4)26(3)21-30)38(45)29-9-12-33(13-10-29)49-39(46)42-19-16-32(44)17-20-42/h11,14-15,18,21-22,24-25,27-29,32-33,44H,5-10,12-13,16-17,19-20,23H2,1-4H3. The third-order valence-electron chi connectivity index (χ3n) is 10.8. The lowest BCUT2D eigenvalue weighted by Crippen LogP contribution is -2.44. The summed E-state index contributed by atoms with van der Waals surface area (Å²) in [6.07, 6.45) is 10.6. The molecule has 3 heterocycles. The van der Waals surface area contributed by atoms with Crippen molar-refractivity contribution in [2.24, 2.45) is 11.8 Å². The third kappa shape index (κ3) is 8.46. The molecule has 2 aliphatic carbocycles. The lowest BCUT2D eigenvalue weighted by molar-refractivity contribution is -0.124. The number of rotatable bonds is 9. The Kier molecular flexibility index (Phi) is 11.2. The number of aromatic nitrogens is 2. The van der Waals surface area contributed by atoms with Gasteiger partial charge in [-0.25, -0.2) is 14.8 Å². The summed E-state index contributed by atoms with van der Waals surface area (Å²) < 4.78 is 17.1. The fraction of sp³-hybridized carbons (Fsp3) is 0.590. The van der Waals surface area contributed by atoms with Crippen LogP contribution >= 0.6 is 0 Å². The fourth-order valence-corrected chi connectivity index (χ4v) is 7.71. The Balaban J connectivity index is 1.14. The first-order valence-corrected chi connectivity index (χ1v) is 18.2. The number of carbonyl (C=O) groups excluding carboxylic acids is 2. The molecule has 2 aromatic heterocycles. The van der Waals surface area contributed by atoms with E-state index < -0.39 is 0 Å². The van der Waals surface area contributed by atoms with E-state index in [0.29, 0.717) is 81.7 Å². The number of methoxy groups -OCH3 is 1. The van der Waals surface area contributed by atoms with E-state index >= 15 is 0 Å². The molecule has 0 unspecified atom stereocenters. The van der Waals surface area contributed by atoms with Crippen molar-refractivity contribution >= 4 is 17.8 Å². The van der Waals surface area contributed by atoms with Crippen molar-refractivity contribution in [2.45, 2.75) is 109 Å².